The molecule has 2 aliphatic rings. The van der Waals surface area contributed by atoms with E-state index in [9.17, 15) is 19.2 Å². The molecule has 2 fully saturated rings. The fourth-order valence-corrected chi connectivity index (χ4v) is 5.84. The van der Waals surface area contributed by atoms with Crippen molar-refractivity contribution in [1.29, 1.82) is 0 Å². The Bertz CT molecular complexity index is 1160. The van der Waals surface area contributed by atoms with E-state index in [2.05, 4.69) is 21.3 Å². The Morgan fingerprint density at radius 3 is 1.39 bits per heavy atom. The molecule has 2 aromatic rings. The van der Waals surface area contributed by atoms with Crippen LogP contribution in [0.2, 0.25) is 10.0 Å². The topological polar surface area (TPSA) is 116 Å². The lowest BCUT2D eigenvalue weighted by Crippen LogP contribution is -2.36. The predicted molar refractivity (Wildman–Crippen MR) is 163 cm³/mol. The number of halogens is 2. The van der Waals surface area contributed by atoms with Gasteiger partial charge in [-0.3, -0.25) is 19.2 Å². The molecular formula is C31H38Cl2N4O4. The molecule has 0 radical (unpaired) electrons. The van der Waals surface area contributed by atoms with E-state index in [1.807, 2.05) is 0 Å². The highest BCUT2D eigenvalue weighted by Gasteiger charge is 2.20. The molecule has 2 aromatic carbocycles. The molecular weight excluding hydrogens is 563 g/mol. The van der Waals surface area contributed by atoms with Crippen LogP contribution < -0.4 is 21.3 Å². The minimum Gasteiger partial charge on any atom is -0.349 e. The van der Waals surface area contributed by atoms with Crippen LogP contribution in [0, 0.1) is 0 Å². The first-order valence-electron chi connectivity index (χ1n) is 14.6. The molecule has 4 rings (SSSR count). The van der Waals surface area contributed by atoms with Gasteiger partial charge in [-0.25, -0.2) is 0 Å². The van der Waals surface area contributed by atoms with Gasteiger partial charge in [0.1, 0.15) is 0 Å². The lowest BCUT2D eigenvalue weighted by atomic mass is 9.95. The summed E-state index contributed by atoms with van der Waals surface area (Å²) in [5.74, 6) is -1.03. The first-order chi connectivity index (χ1) is 19.8. The molecule has 4 amide bonds. The number of anilines is 2. The SMILES string of the molecule is O=C(CCCC(=O)Nc1ccc(Cl)c(C(=O)NC2CCCCC2)c1)Nc1ccc(Cl)c(C(=O)NC2CCCCC2)c1. The van der Waals surface area contributed by atoms with Gasteiger partial charge in [-0.2, -0.15) is 0 Å². The van der Waals surface area contributed by atoms with Crippen molar-refractivity contribution in [3.63, 3.8) is 0 Å². The van der Waals surface area contributed by atoms with E-state index in [0.29, 0.717) is 39.0 Å². The van der Waals surface area contributed by atoms with E-state index in [1.54, 1.807) is 36.4 Å². The Hall–Kier alpha value is -3.10. The van der Waals surface area contributed by atoms with E-state index >= 15 is 0 Å². The van der Waals surface area contributed by atoms with Crippen LogP contribution in [-0.2, 0) is 9.59 Å². The Labute approximate surface area is 251 Å². The van der Waals surface area contributed by atoms with Crippen molar-refractivity contribution < 1.29 is 19.2 Å². The average molecular weight is 602 g/mol. The molecule has 10 heteroatoms. The second-order valence-corrected chi connectivity index (χ2v) is 11.8. The monoisotopic (exact) mass is 600 g/mol. The molecule has 8 nitrogen and oxygen atoms in total. The van der Waals surface area contributed by atoms with Crippen LogP contribution in [0.25, 0.3) is 0 Å². The van der Waals surface area contributed by atoms with Crippen molar-refractivity contribution in [1.82, 2.24) is 10.6 Å². The first-order valence-corrected chi connectivity index (χ1v) is 15.3. The first kappa shape index (κ1) is 30.8. The second-order valence-electron chi connectivity index (χ2n) is 11.0. The van der Waals surface area contributed by atoms with Gasteiger partial charge in [0.15, 0.2) is 0 Å². The fourth-order valence-electron chi connectivity index (χ4n) is 5.43. The van der Waals surface area contributed by atoms with Gasteiger partial charge in [-0.1, -0.05) is 61.7 Å². The number of benzene rings is 2. The summed E-state index contributed by atoms with van der Waals surface area (Å²) in [5.41, 5.74) is 1.59. The van der Waals surface area contributed by atoms with Gasteiger partial charge in [0.25, 0.3) is 11.8 Å². The maximum atomic E-state index is 12.8. The smallest absolute Gasteiger partial charge is 0.253 e. The summed E-state index contributed by atoms with van der Waals surface area (Å²) in [7, 11) is 0. The Morgan fingerprint density at radius 1 is 0.610 bits per heavy atom. The lowest BCUT2D eigenvalue weighted by Gasteiger charge is -2.23. The minimum atomic E-state index is -0.271. The van der Waals surface area contributed by atoms with Gasteiger partial charge in [-0.05, 0) is 68.5 Å². The summed E-state index contributed by atoms with van der Waals surface area (Å²) in [6.07, 6.45) is 11.2. The molecule has 0 aromatic heterocycles. The van der Waals surface area contributed by atoms with E-state index in [0.717, 1.165) is 51.4 Å². The molecule has 2 saturated carbocycles. The van der Waals surface area contributed by atoms with Crippen LogP contribution >= 0.6 is 23.2 Å². The summed E-state index contributed by atoms with van der Waals surface area (Å²) >= 11 is 12.5. The maximum Gasteiger partial charge on any atom is 0.253 e. The summed E-state index contributed by atoms with van der Waals surface area (Å²) < 4.78 is 0. The third-order valence-electron chi connectivity index (χ3n) is 7.68. The Balaban J connectivity index is 1.23. The zero-order valence-corrected chi connectivity index (χ0v) is 24.7. The highest BCUT2D eigenvalue weighted by atomic mass is 35.5. The normalized spacial score (nSPS) is 16.0. The van der Waals surface area contributed by atoms with Crippen molar-refractivity contribution in [2.24, 2.45) is 0 Å². The van der Waals surface area contributed by atoms with Gasteiger partial charge in [-0.15, -0.1) is 0 Å². The summed E-state index contributed by atoms with van der Waals surface area (Å²) in [6, 6.07) is 9.93. The molecule has 0 atom stereocenters. The summed E-state index contributed by atoms with van der Waals surface area (Å²) in [5, 5.41) is 12.3. The van der Waals surface area contributed by atoms with Gasteiger partial charge in [0.2, 0.25) is 11.8 Å². The van der Waals surface area contributed by atoms with Crippen molar-refractivity contribution >= 4 is 58.2 Å². The number of carbonyl (C=O) groups excluding carboxylic acids is 4. The van der Waals surface area contributed by atoms with Crippen molar-refractivity contribution in [2.75, 3.05) is 10.6 Å². The third-order valence-corrected chi connectivity index (χ3v) is 8.34. The molecule has 220 valence electrons. The van der Waals surface area contributed by atoms with Gasteiger partial charge >= 0.3 is 0 Å². The molecule has 41 heavy (non-hydrogen) atoms. The molecule has 2 aliphatic carbocycles. The molecule has 0 heterocycles. The Morgan fingerprint density at radius 2 is 1.00 bits per heavy atom. The maximum absolute atomic E-state index is 12.8. The standard InChI is InChI=1S/C31H38Cl2N4O4/c32-26-16-14-22(18-24(26)30(40)36-20-8-3-1-4-9-20)34-28(38)12-7-13-29(39)35-23-15-17-27(33)25(19-23)31(41)37-21-10-5-2-6-11-21/h14-21H,1-13H2,(H,34,38)(H,35,39)(H,36,40)(H,37,41). The van der Waals surface area contributed by atoms with Crippen molar-refractivity contribution in [3.05, 3.63) is 57.6 Å². The van der Waals surface area contributed by atoms with Gasteiger partial charge in [0.05, 0.1) is 21.2 Å². The quantitative estimate of drug-likeness (QED) is 0.238. The van der Waals surface area contributed by atoms with Crippen LogP contribution in [0.1, 0.15) is 104 Å². The van der Waals surface area contributed by atoms with Crippen LogP contribution in [0.4, 0.5) is 11.4 Å². The number of nitrogens with one attached hydrogen (secondary N) is 4. The highest BCUT2D eigenvalue weighted by Crippen LogP contribution is 2.25. The third kappa shape index (κ3) is 9.47. The number of hydrogen-bond donors (Lipinski definition) is 4. The number of carbonyl (C=O) groups is 4. The van der Waals surface area contributed by atoms with E-state index in [-0.39, 0.29) is 48.6 Å². The van der Waals surface area contributed by atoms with E-state index in [1.165, 1.54) is 12.8 Å². The van der Waals surface area contributed by atoms with E-state index < -0.39 is 0 Å². The fraction of sp³-hybridized carbons (Fsp3) is 0.484. The summed E-state index contributed by atoms with van der Waals surface area (Å²) in [4.78, 5) is 50.5. The predicted octanol–water partition coefficient (Wildman–Crippen LogP) is 6.87. The van der Waals surface area contributed by atoms with Crippen LogP contribution in [-0.4, -0.2) is 35.7 Å². The second kappa shape index (κ2) is 15.2. The lowest BCUT2D eigenvalue weighted by molar-refractivity contribution is -0.117. The highest BCUT2D eigenvalue weighted by molar-refractivity contribution is 6.34. The van der Waals surface area contributed by atoms with Gasteiger partial charge in [0, 0.05) is 36.3 Å². The van der Waals surface area contributed by atoms with Crippen LogP contribution in [0.5, 0.6) is 0 Å². The molecule has 0 saturated heterocycles. The van der Waals surface area contributed by atoms with Crippen LogP contribution in [0.3, 0.4) is 0 Å². The number of hydrogen-bond acceptors (Lipinski definition) is 4. The van der Waals surface area contributed by atoms with Gasteiger partial charge < -0.3 is 21.3 Å². The van der Waals surface area contributed by atoms with Crippen LogP contribution in [0.15, 0.2) is 36.4 Å². The molecule has 0 aliphatic heterocycles. The largest absolute Gasteiger partial charge is 0.349 e. The molecule has 0 unspecified atom stereocenters. The molecule has 0 bridgehead atoms. The molecule has 0 spiro atoms. The Kier molecular flexibility index (Phi) is 11.5. The zero-order valence-electron chi connectivity index (χ0n) is 23.2. The van der Waals surface area contributed by atoms with Crippen molar-refractivity contribution in [3.8, 4) is 0 Å². The number of amides is 4. The minimum absolute atomic E-state index is 0.120. The summed E-state index contributed by atoms with van der Waals surface area (Å²) in [6.45, 7) is 0. The van der Waals surface area contributed by atoms with E-state index in [4.69, 9.17) is 23.2 Å². The van der Waals surface area contributed by atoms with Crippen molar-refractivity contribution in [2.45, 2.75) is 95.6 Å². The number of rotatable bonds is 10. The molecule has 4 N–H and O–H groups in total. The average Bonchev–Trinajstić information content (AvgIpc) is 2.96. The zero-order chi connectivity index (χ0) is 29.2.